The minimum absolute atomic E-state index is 0.600. The molecular weight excluding hydrogens is 212 g/mol. The maximum atomic E-state index is 5.38. The Labute approximate surface area is 103 Å². The summed E-state index contributed by atoms with van der Waals surface area (Å²) in [4.78, 5) is 2.51. The molecule has 3 rings (SSSR count). The Bertz CT molecular complexity index is 374. The van der Waals surface area contributed by atoms with E-state index in [0.717, 1.165) is 32.8 Å². The van der Waals surface area contributed by atoms with Gasteiger partial charge in [-0.1, -0.05) is 18.2 Å². The molecule has 0 amide bonds. The van der Waals surface area contributed by atoms with Crippen molar-refractivity contribution in [3.63, 3.8) is 0 Å². The molecule has 17 heavy (non-hydrogen) atoms. The monoisotopic (exact) mass is 232 g/mol. The number of anilines is 1. The number of benzene rings is 1. The minimum atomic E-state index is 0.600. The standard InChI is InChI=1S/C14H20N2O/c1-2-4-14-12(3-1)5-6-13(15-14)11-16-7-9-17-10-8-16/h1-4,13,15H,5-11H2. The summed E-state index contributed by atoms with van der Waals surface area (Å²) >= 11 is 0. The maximum absolute atomic E-state index is 5.38. The lowest BCUT2D eigenvalue weighted by molar-refractivity contribution is 0.0357. The van der Waals surface area contributed by atoms with Gasteiger partial charge >= 0.3 is 0 Å². The van der Waals surface area contributed by atoms with Crippen LogP contribution in [0.25, 0.3) is 0 Å². The maximum Gasteiger partial charge on any atom is 0.0594 e. The first-order chi connectivity index (χ1) is 8.42. The molecule has 92 valence electrons. The van der Waals surface area contributed by atoms with Crippen LogP contribution in [0.4, 0.5) is 5.69 Å². The van der Waals surface area contributed by atoms with E-state index in [2.05, 4.69) is 34.5 Å². The van der Waals surface area contributed by atoms with Gasteiger partial charge in [-0.3, -0.25) is 4.90 Å². The van der Waals surface area contributed by atoms with Gasteiger partial charge < -0.3 is 10.1 Å². The van der Waals surface area contributed by atoms with Gasteiger partial charge in [0.2, 0.25) is 0 Å². The van der Waals surface area contributed by atoms with Crippen LogP contribution in [0.2, 0.25) is 0 Å². The summed E-state index contributed by atoms with van der Waals surface area (Å²) in [5, 5.41) is 3.66. The van der Waals surface area contributed by atoms with Crippen molar-refractivity contribution in [2.24, 2.45) is 0 Å². The van der Waals surface area contributed by atoms with Crippen LogP contribution in [0.1, 0.15) is 12.0 Å². The fourth-order valence-corrected chi connectivity index (χ4v) is 2.73. The topological polar surface area (TPSA) is 24.5 Å². The lowest BCUT2D eigenvalue weighted by Gasteiger charge is -2.33. The quantitative estimate of drug-likeness (QED) is 0.840. The summed E-state index contributed by atoms with van der Waals surface area (Å²) in [6.45, 7) is 5.10. The number of nitrogens with zero attached hydrogens (tertiary/aromatic N) is 1. The highest BCUT2D eigenvalue weighted by Crippen LogP contribution is 2.24. The third-order valence-corrected chi connectivity index (χ3v) is 3.72. The van der Waals surface area contributed by atoms with Gasteiger partial charge in [-0.2, -0.15) is 0 Å². The van der Waals surface area contributed by atoms with Crippen LogP contribution in [0.3, 0.4) is 0 Å². The Balaban J connectivity index is 1.60. The minimum Gasteiger partial charge on any atom is -0.381 e. The first-order valence-electron chi connectivity index (χ1n) is 6.56. The zero-order chi connectivity index (χ0) is 11.5. The van der Waals surface area contributed by atoms with Crippen molar-refractivity contribution in [1.82, 2.24) is 4.90 Å². The van der Waals surface area contributed by atoms with E-state index in [0.29, 0.717) is 6.04 Å². The normalized spacial score (nSPS) is 25.1. The zero-order valence-electron chi connectivity index (χ0n) is 10.2. The molecular formula is C14H20N2O. The van der Waals surface area contributed by atoms with Gasteiger partial charge in [0.25, 0.3) is 0 Å². The molecule has 2 aliphatic rings. The second kappa shape index (κ2) is 5.07. The number of hydrogen-bond acceptors (Lipinski definition) is 3. The van der Waals surface area contributed by atoms with Crippen molar-refractivity contribution >= 4 is 5.69 Å². The Morgan fingerprint density at radius 1 is 1.24 bits per heavy atom. The van der Waals surface area contributed by atoms with Crippen LogP contribution in [0.5, 0.6) is 0 Å². The van der Waals surface area contributed by atoms with Crippen LogP contribution in [-0.4, -0.2) is 43.8 Å². The van der Waals surface area contributed by atoms with E-state index in [-0.39, 0.29) is 0 Å². The third kappa shape index (κ3) is 2.61. The number of hydrogen-bond donors (Lipinski definition) is 1. The summed E-state index contributed by atoms with van der Waals surface area (Å²) in [6.07, 6.45) is 2.45. The van der Waals surface area contributed by atoms with E-state index in [4.69, 9.17) is 4.74 Å². The molecule has 1 aromatic rings. The SMILES string of the molecule is c1ccc2c(c1)CCC(CN1CCOCC1)N2. The molecule has 0 radical (unpaired) electrons. The van der Waals surface area contributed by atoms with Gasteiger partial charge in [0, 0.05) is 31.4 Å². The van der Waals surface area contributed by atoms with E-state index >= 15 is 0 Å². The molecule has 2 aliphatic heterocycles. The number of rotatable bonds is 2. The number of aryl methyl sites for hydroxylation is 1. The van der Waals surface area contributed by atoms with Gasteiger partial charge in [-0.05, 0) is 24.5 Å². The fraction of sp³-hybridized carbons (Fsp3) is 0.571. The first kappa shape index (κ1) is 11.1. The summed E-state index contributed by atoms with van der Waals surface area (Å²) in [5.74, 6) is 0. The Morgan fingerprint density at radius 2 is 2.06 bits per heavy atom. The molecule has 1 fully saturated rings. The molecule has 1 saturated heterocycles. The van der Waals surface area contributed by atoms with E-state index in [1.165, 1.54) is 24.1 Å². The zero-order valence-corrected chi connectivity index (χ0v) is 10.2. The lowest BCUT2D eigenvalue weighted by Crippen LogP contribution is -2.44. The molecule has 0 saturated carbocycles. The number of para-hydroxylation sites is 1. The van der Waals surface area contributed by atoms with E-state index < -0.39 is 0 Å². The van der Waals surface area contributed by atoms with Crippen molar-refractivity contribution in [2.45, 2.75) is 18.9 Å². The third-order valence-electron chi connectivity index (χ3n) is 3.72. The first-order valence-corrected chi connectivity index (χ1v) is 6.56. The van der Waals surface area contributed by atoms with Gasteiger partial charge in [0.05, 0.1) is 13.2 Å². The molecule has 0 aromatic heterocycles. The van der Waals surface area contributed by atoms with Crippen molar-refractivity contribution in [1.29, 1.82) is 0 Å². The van der Waals surface area contributed by atoms with Crippen LogP contribution in [0.15, 0.2) is 24.3 Å². The predicted octanol–water partition coefficient (Wildman–Crippen LogP) is 1.75. The molecule has 1 aromatic carbocycles. The Kier molecular flexibility index (Phi) is 3.29. The smallest absolute Gasteiger partial charge is 0.0594 e. The van der Waals surface area contributed by atoms with Crippen LogP contribution in [0, 0.1) is 0 Å². The highest BCUT2D eigenvalue weighted by molar-refractivity contribution is 5.53. The molecule has 1 N–H and O–H groups in total. The van der Waals surface area contributed by atoms with E-state index in [9.17, 15) is 0 Å². The molecule has 0 aliphatic carbocycles. The molecule has 3 nitrogen and oxygen atoms in total. The van der Waals surface area contributed by atoms with E-state index in [1.807, 2.05) is 0 Å². The van der Waals surface area contributed by atoms with Gasteiger partial charge in [-0.15, -0.1) is 0 Å². The molecule has 2 heterocycles. The summed E-state index contributed by atoms with van der Waals surface area (Å²) in [5.41, 5.74) is 2.79. The van der Waals surface area contributed by atoms with E-state index in [1.54, 1.807) is 0 Å². The van der Waals surface area contributed by atoms with Crippen molar-refractivity contribution in [2.75, 3.05) is 38.2 Å². The number of ether oxygens (including phenoxy) is 1. The van der Waals surface area contributed by atoms with Crippen LogP contribution >= 0.6 is 0 Å². The average molecular weight is 232 g/mol. The molecule has 1 atom stereocenters. The second-order valence-electron chi connectivity index (χ2n) is 4.95. The highest BCUT2D eigenvalue weighted by atomic mass is 16.5. The van der Waals surface area contributed by atoms with Crippen molar-refractivity contribution < 1.29 is 4.74 Å². The highest BCUT2D eigenvalue weighted by Gasteiger charge is 2.20. The summed E-state index contributed by atoms with van der Waals surface area (Å²) in [6, 6.07) is 9.27. The number of nitrogens with one attached hydrogen (secondary N) is 1. The van der Waals surface area contributed by atoms with Crippen molar-refractivity contribution in [3.05, 3.63) is 29.8 Å². The second-order valence-corrected chi connectivity index (χ2v) is 4.95. The van der Waals surface area contributed by atoms with Crippen LogP contribution in [-0.2, 0) is 11.2 Å². The molecule has 3 heteroatoms. The lowest BCUT2D eigenvalue weighted by atomic mass is 9.98. The molecule has 1 unspecified atom stereocenters. The largest absolute Gasteiger partial charge is 0.381 e. The Hall–Kier alpha value is -1.06. The van der Waals surface area contributed by atoms with Crippen molar-refractivity contribution in [3.8, 4) is 0 Å². The summed E-state index contributed by atoms with van der Waals surface area (Å²) in [7, 11) is 0. The van der Waals surface area contributed by atoms with Crippen LogP contribution < -0.4 is 5.32 Å². The van der Waals surface area contributed by atoms with Gasteiger partial charge in [0.15, 0.2) is 0 Å². The van der Waals surface area contributed by atoms with Gasteiger partial charge in [-0.25, -0.2) is 0 Å². The average Bonchev–Trinajstić information content (AvgIpc) is 2.40. The van der Waals surface area contributed by atoms with Gasteiger partial charge in [0.1, 0.15) is 0 Å². The number of fused-ring (bicyclic) bond motifs is 1. The Morgan fingerprint density at radius 3 is 2.94 bits per heavy atom. The molecule has 0 bridgehead atoms. The predicted molar refractivity (Wildman–Crippen MR) is 69.4 cm³/mol. The molecule has 0 spiro atoms. The summed E-state index contributed by atoms with van der Waals surface area (Å²) < 4.78 is 5.38. The fourth-order valence-electron chi connectivity index (χ4n) is 2.73. The number of morpholine rings is 1.